The summed E-state index contributed by atoms with van der Waals surface area (Å²) in [4.78, 5) is 19.6. The van der Waals surface area contributed by atoms with E-state index in [2.05, 4.69) is 25.4 Å². The molecular formula is C29H27F2N7O4. The quantitative estimate of drug-likeness (QED) is 0.269. The van der Waals surface area contributed by atoms with Crippen molar-refractivity contribution < 1.29 is 28.2 Å². The molecule has 216 valence electrons. The van der Waals surface area contributed by atoms with Crippen LogP contribution in [0.2, 0.25) is 0 Å². The number of hydrogen-bond acceptors (Lipinski definition) is 8. The number of carbonyl (C=O) groups excluding carboxylic acids is 1. The Morgan fingerprint density at radius 3 is 2.83 bits per heavy atom. The number of anilines is 1. The first-order valence-electron chi connectivity index (χ1n) is 13.2. The first-order chi connectivity index (χ1) is 20.4. The molecule has 1 amide bonds. The van der Waals surface area contributed by atoms with Crippen LogP contribution < -0.4 is 14.8 Å². The molecule has 3 aromatic heterocycles. The number of aromatic nitrogens is 5. The third-order valence-corrected chi connectivity index (χ3v) is 6.94. The van der Waals surface area contributed by atoms with Gasteiger partial charge in [-0.2, -0.15) is 19.0 Å². The van der Waals surface area contributed by atoms with Crippen molar-refractivity contribution in [3.63, 3.8) is 0 Å². The normalized spacial score (nSPS) is 13.4. The number of aryl methyl sites for hydroxylation is 1. The Kier molecular flexibility index (Phi) is 7.50. The number of ether oxygens (including phenoxy) is 2. The Hall–Kier alpha value is -4.88. The molecule has 0 saturated heterocycles. The van der Waals surface area contributed by atoms with Crippen LogP contribution in [0.5, 0.6) is 17.2 Å². The van der Waals surface area contributed by atoms with Crippen molar-refractivity contribution >= 4 is 17.2 Å². The largest absolute Gasteiger partial charge is 0.457 e. The minimum atomic E-state index is -3.08. The topological polar surface area (TPSA) is 119 Å². The van der Waals surface area contributed by atoms with Crippen LogP contribution in [0.3, 0.4) is 0 Å². The molecule has 6 rings (SSSR count). The van der Waals surface area contributed by atoms with Gasteiger partial charge in [-0.1, -0.05) is 6.07 Å². The zero-order valence-corrected chi connectivity index (χ0v) is 22.6. The number of carbonyl (C=O) groups is 1. The minimum Gasteiger partial charge on any atom is -0.457 e. The Balaban J connectivity index is 1.31. The molecule has 0 radical (unpaired) electrons. The summed E-state index contributed by atoms with van der Waals surface area (Å²) in [5.41, 5.74) is 3.59. The van der Waals surface area contributed by atoms with Gasteiger partial charge < -0.3 is 19.9 Å². The predicted molar refractivity (Wildman–Crippen MR) is 149 cm³/mol. The van der Waals surface area contributed by atoms with Gasteiger partial charge in [0.1, 0.15) is 28.5 Å². The third kappa shape index (κ3) is 5.64. The molecule has 42 heavy (non-hydrogen) atoms. The lowest BCUT2D eigenvalue weighted by atomic mass is 9.99. The lowest BCUT2D eigenvalue weighted by molar-refractivity contribution is -0.0494. The van der Waals surface area contributed by atoms with Gasteiger partial charge in [-0.05, 0) is 53.9 Å². The van der Waals surface area contributed by atoms with Crippen LogP contribution in [-0.4, -0.2) is 66.6 Å². The van der Waals surface area contributed by atoms with Crippen molar-refractivity contribution in [3.8, 4) is 28.5 Å². The number of halogens is 2. The molecule has 0 aliphatic carbocycles. The number of aliphatic hydroxyl groups excluding tert-OH is 1. The summed E-state index contributed by atoms with van der Waals surface area (Å²) in [6, 6.07) is 12.0. The van der Waals surface area contributed by atoms with Crippen molar-refractivity contribution in [2.24, 2.45) is 7.05 Å². The first kappa shape index (κ1) is 27.3. The van der Waals surface area contributed by atoms with Crippen LogP contribution >= 0.6 is 0 Å². The fraction of sp³-hybridized carbons (Fsp3) is 0.241. The summed E-state index contributed by atoms with van der Waals surface area (Å²) in [5.74, 6) is 0.313. The number of nitrogens with zero attached hydrogens (tertiary/aromatic N) is 6. The standard InChI is InChI=1S/C29H27F2N7O4/c1-36-17-24(34-28(40)23-15-33-38-9-2-8-32-27(23)38)26(35-36)22-14-21(5-6-25(22)42-29(30)31)41-20-4-3-18-7-10-37(11-12-39)16-19(18)13-20/h2-6,8-9,13-15,17,29,39H,7,10-12,16H2,1H3,(H,34,40). The maximum atomic E-state index is 13.4. The molecule has 1 aliphatic heterocycles. The second-order valence-corrected chi connectivity index (χ2v) is 9.78. The maximum Gasteiger partial charge on any atom is 0.387 e. The molecule has 0 bridgehead atoms. The van der Waals surface area contributed by atoms with Gasteiger partial charge in [-0.15, -0.1) is 0 Å². The number of fused-ring (bicyclic) bond motifs is 2. The fourth-order valence-corrected chi connectivity index (χ4v) is 5.04. The van der Waals surface area contributed by atoms with Crippen molar-refractivity contribution in [1.29, 1.82) is 0 Å². The number of benzene rings is 2. The van der Waals surface area contributed by atoms with E-state index >= 15 is 0 Å². The molecule has 0 spiro atoms. The molecule has 2 N–H and O–H groups in total. The van der Waals surface area contributed by atoms with E-state index in [0.29, 0.717) is 30.2 Å². The number of alkyl halides is 2. The van der Waals surface area contributed by atoms with Crippen LogP contribution in [0.25, 0.3) is 16.9 Å². The minimum absolute atomic E-state index is 0.0907. The fourth-order valence-electron chi connectivity index (χ4n) is 5.04. The molecule has 0 atom stereocenters. The highest BCUT2D eigenvalue weighted by molar-refractivity contribution is 6.09. The van der Waals surface area contributed by atoms with E-state index in [9.17, 15) is 18.7 Å². The number of hydrogen-bond donors (Lipinski definition) is 2. The summed E-state index contributed by atoms with van der Waals surface area (Å²) in [6.07, 6.45) is 7.06. The Labute approximate surface area is 238 Å². The molecule has 5 aromatic rings. The first-order valence-corrected chi connectivity index (χ1v) is 13.2. The molecule has 0 saturated carbocycles. The highest BCUT2D eigenvalue weighted by atomic mass is 19.3. The van der Waals surface area contributed by atoms with Gasteiger partial charge in [0, 0.05) is 45.3 Å². The SMILES string of the molecule is Cn1cc(NC(=O)c2cnn3cccnc23)c(-c2cc(Oc3ccc4c(c3)CN(CCO)CC4)ccc2OC(F)F)n1. The van der Waals surface area contributed by atoms with Crippen molar-refractivity contribution in [2.75, 3.05) is 25.0 Å². The van der Waals surface area contributed by atoms with Crippen LogP contribution in [0.15, 0.2) is 67.3 Å². The molecular weight excluding hydrogens is 548 g/mol. The van der Waals surface area contributed by atoms with Crippen LogP contribution in [0, 0.1) is 0 Å². The highest BCUT2D eigenvalue weighted by Gasteiger charge is 2.22. The Bertz CT molecular complexity index is 1750. The number of amides is 1. The average Bonchev–Trinajstić information content (AvgIpc) is 3.57. The summed E-state index contributed by atoms with van der Waals surface area (Å²) in [7, 11) is 1.65. The molecule has 0 fully saturated rings. The number of rotatable bonds is 9. The van der Waals surface area contributed by atoms with Crippen molar-refractivity contribution in [1.82, 2.24) is 29.3 Å². The predicted octanol–water partition coefficient (Wildman–Crippen LogP) is 4.13. The monoisotopic (exact) mass is 575 g/mol. The number of aliphatic hydroxyl groups is 1. The lowest BCUT2D eigenvalue weighted by Crippen LogP contribution is -2.32. The molecule has 11 nitrogen and oxygen atoms in total. The Morgan fingerprint density at radius 2 is 2.00 bits per heavy atom. The van der Waals surface area contributed by atoms with Gasteiger partial charge in [0.05, 0.1) is 24.1 Å². The average molecular weight is 576 g/mol. The lowest BCUT2D eigenvalue weighted by Gasteiger charge is -2.28. The van der Waals surface area contributed by atoms with E-state index in [1.54, 1.807) is 37.8 Å². The summed E-state index contributed by atoms with van der Waals surface area (Å²) in [5, 5.41) is 20.7. The van der Waals surface area contributed by atoms with Gasteiger partial charge in [0.2, 0.25) is 0 Å². The summed E-state index contributed by atoms with van der Waals surface area (Å²) in [6.45, 7) is -0.827. The van der Waals surface area contributed by atoms with E-state index in [1.807, 2.05) is 18.2 Å². The summed E-state index contributed by atoms with van der Waals surface area (Å²) < 4.78 is 40.6. The molecule has 4 heterocycles. The molecule has 1 aliphatic rings. The number of β-amino-alcohol motifs (C(OH)–C–C–N with tert-alkyl or cyclic N) is 1. The van der Waals surface area contributed by atoms with E-state index in [1.165, 1.54) is 33.1 Å². The van der Waals surface area contributed by atoms with Crippen LogP contribution in [-0.2, 0) is 20.0 Å². The maximum absolute atomic E-state index is 13.4. The molecule has 0 unspecified atom stereocenters. The van der Waals surface area contributed by atoms with E-state index in [0.717, 1.165) is 18.5 Å². The molecule has 13 heteroatoms. The van der Waals surface area contributed by atoms with Crippen LogP contribution in [0.1, 0.15) is 21.5 Å². The smallest absolute Gasteiger partial charge is 0.387 e. The zero-order chi connectivity index (χ0) is 29.2. The second-order valence-electron chi connectivity index (χ2n) is 9.78. The van der Waals surface area contributed by atoms with Crippen LogP contribution in [0.4, 0.5) is 14.5 Å². The van der Waals surface area contributed by atoms with E-state index in [4.69, 9.17) is 9.47 Å². The van der Waals surface area contributed by atoms with Gasteiger partial charge in [0.15, 0.2) is 5.65 Å². The van der Waals surface area contributed by atoms with Gasteiger partial charge in [-0.25, -0.2) is 9.50 Å². The Morgan fingerprint density at radius 1 is 1.17 bits per heavy atom. The highest BCUT2D eigenvalue weighted by Crippen LogP contribution is 2.39. The van der Waals surface area contributed by atoms with Crippen molar-refractivity contribution in [3.05, 3.63) is 83.9 Å². The number of nitrogens with one attached hydrogen (secondary N) is 1. The summed E-state index contributed by atoms with van der Waals surface area (Å²) >= 11 is 0. The van der Waals surface area contributed by atoms with E-state index in [-0.39, 0.29) is 34.9 Å². The third-order valence-electron chi connectivity index (χ3n) is 6.94. The van der Waals surface area contributed by atoms with Crippen molar-refractivity contribution in [2.45, 2.75) is 19.6 Å². The second kappa shape index (κ2) is 11.5. The van der Waals surface area contributed by atoms with Gasteiger partial charge >= 0.3 is 6.61 Å². The van der Waals surface area contributed by atoms with Gasteiger partial charge in [0.25, 0.3) is 5.91 Å². The zero-order valence-electron chi connectivity index (χ0n) is 22.6. The van der Waals surface area contributed by atoms with Gasteiger partial charge in [-0.3, -0.25) is 14.4 Å². The van der Waals surface area contributed by atoms with E-state index < -0.39 is 12.5 Å². The molecule has 2 aromatic carbocycles.